The number of rotatable bonds is 3. The summed E-state index contributed by atoms with van der Waals surface area (Å²) in [5, 5.41) is 0. The molecule has 0 spiro atoms. The normalized spacial score (nSPS) is 19.4. The summed E-state index contributed by atoms with van der Waals surface area (Å²) < 4.78 is 22.1. The van der Waals surface area contributed by atoms with Crippen LogP contribution in [0.4, 0.5) is 0 Å². The number of hydrogen-bond acceptors (Lipinski definition) is 7. The van der Waals surface area contributed by atoms with Gasteiger partial charge in [0.15, 0.2) is 6.29 Å². The Morgan fingerprint density at radius 2 is 1.30 bits per heavy atom. The molecule has 0 bridgehead atoms. The Balaban J connectivity index is 1.31. The van der Waals surface area contributed by atoms with Crippen LogP contribution in [-0.4, -0.2) is 19.9 Å². The van der Waals surface area contributed by atoms with Crippen molar-refractivity contribution in [1.29, 1.82) is 0 Å². The molecule has 0 N–H and O–H groups in total. The molecule has 0 atom stereocenters. The van der Waals surface area contributed by atoms with Crippen LogP contribution in [0.15, 0.2) is 54.6 Å². The fourth-order valence-corrected chi connectivity index (χ4v) is 8.72. The summed E-state index contributed by atoms with van der Waals surface area (Å²) in [4.78, 5) is 5.35. The van der Waals surface area contributed by atoms with E-state index >= 15 is 0 Å². The molecule has 1 saturated heterocycles. The van der Waals surface area contributed by atoms with Gasteiger partial charge >= 0.3 is 0 Å². The fourth-order valence-electron chi connectivity index (χ4n) is 5.32. The molecule has 5 aromatic rings. The molecule has 1 aliphatic carbocycles. The van der Waals surface area contributed by atoms with Crippen molar-refractivity contribution in [3.8, 4) is 30.6 Å². The third-order valence-corrected chi connectivity index (χ3v) is 11.3. The molecule has 4 heterocycles. The van der Waals surface area contributed by atoms with Crippen molar-refractivity contribution < 1.29 is 9.47 Å². The van der Waals surface area contributed by atoms with E-state index in [1.54, 1.807) is 0 Å². The molecule has 3 aromatic heterocycles. The van der Waals surface area contributed by atoms with Crippen LogP contribution in [0.25, 0.3) is 41.7 Å². The van der Waals surface area contributed by atoms with Crippen molar-refractivity contribution >= 4 is 45.4 Å². The zero-order chi connectivity index (χ0) is 25.7. The van der Waals surface area contributed by atoms with E-state index in [0.717, 1.165) is 22.2 Å². The van der Waals surface area contributed by atoms with Crippen molar-refractivity contribution in [2.24, 2.45) is 0 Å². The van der Waals surface area contributed by atoms with Crippen LogP contribution in [0.2, 0.25) is 0 Å². The maximum Gasteiger partial charge on any atom is 0.187 e. The van der Waals surface area contributed by atoms with Gasteiger partial charge in [0.25, 0.3) is 0 Å². The Bertz CT molecular complexity index is 1660. The molecular weight excluding hydrogens is 517 g/mol. The van der Waals surface area contributed by atoms with E-state index in [-0.39, 0.29) is 5.41 Å². The van der Waals surface area contributed by atoms with E-state index in [0.29, 0.717) is 0 Å². The van der Waals surface area contributed by atoms with Gasteiger partial charge < -0.3 is 9.47 Å². The minimum Gasteiger partial charge on any atom is -0.339 e. The van der Waals surface area contributed by atoms with Crippen LogP contribution in [0, 0.1) is 0 Å². The number of benzene rings is 2. The van der Waals surface area contributed by atoms with Crippen molar-refractivity contribution in [3.63, 3.8) is 0 Å². The second-order valence-electron chi connectivity index (χ2n) is 11.4. The fraction of sp³-hybridized carbons (Fsp3) is 0.333. The number of fused-ring (bicyclic) bond motifs is 4. The maximum absolute atomic E-state index is 6.35. The number of nitrogens with zero attached hydrogens (tertiary/aromatic N) is 2. The number of ether oxygens (including phenoxy) is 2. The third kappa shape index (κ3) is 3.38. The highest BCUT2D eigenvalue weighted by molar-refractivity contribution is 7.25. The lowest BCUT2D eigenvalue weighted by atomic mass is 9.83. The van der Waals surface area contributed by atoms with Gasteiger partial charge in [-0.2, -0.15) is 8.75 Å². The Morgan fingerprint density at radius 1 is 0.703 bits per heavy atom. The van der Waals surface area contributed by atoms with E-state index in [2.05, 4.69) is 101 Å². The van der Waals surface area contributed by atoms with E-state index in [9.17, 15) is 0 Å². The van der Waals surface area contributed by atoms with Gasteiger partial charge in [-0.05, 0) is 56.5 Å². The van der Waals surface area contributed by atoms with Gasteiger partial charge in [-0.15, -0.1) is 22.7 Å². The smallest absolute Gasteiger partial charge is 0.187 e. The van der Waals surface area contributed by atoms with E-state index in [1.807, 2.05) is 22.7 Å². The Hall–Kier alpha value is -2.42. The first-order chi connectivity index (χ1) is 17.6. The highest BCUT2D eigenvalue weighted by atomic mass is 32.1. The van der Waals surface area contributed by atoms with Gasteiger partial charge in [0.2, 0.25) is 0 Å². The van der Waals surface area contributed by atoms with Crippen LogP contribution >= 0.6 is 34.4 Å². The minimum absolute atomic E-state index is 0.0367. The van der Waals surface area contributed by atoms with Gasteiger partial charge in [0.1, 0.15) is 11.0 Å². The monoisotopic (exact) mass is 544 g/mol. The minimum atomic E-state index is -0.456. The molecule has 0 unspecified atom stereocenters. The van der Waals surface area contributed by atoms with E-state index in [4.69, 9.17) is 13.8 Å². The van der Waals surface area contributed by atoms with Gasteiger partial charge in [0.05, 0.1) is 22.9 Å². The van der Waals surface area contributed by atoms with Gasteiger partial charge in [-0.25, -0.2) is 0 Å². The van der Waals surface area contributed by atoms with Crippen LogP contribution < -0.4 is 0 Å². The first kappa shape index (κ1) is 23.7. The standard InChI is InChI=1S/C30H28N2O2S3/c1-28(2)19-14-21(16-10-8-7-9-11-16)35-25(19)26-20(28)15-22(36-26)17-12-13-18(24-23(17)31-37-32-24)27-33-29(3,4)30(5,6)34-27/h7-15,27H,1-6H3. The molecule has 2 aliphatic rings. The van der Waals surface area contributed by atoms with Crippen molar-refractivity contribution in [2.75, 3.05) is 0 Å². The van der Waals surface area contributed by atoms with Gasteiger partial charge in [-0.3, -0.25) is 0 Å². The molecule has 1 fully saturated rings. The summed E-state index contributed by atoms with van der Waals surface area (Å²) in [6.45, 7) is 13.0. The average molecular weight is 545 g/mol. The molecule has 0 saturated carbocycles. The van der Waals surface area contributed by atoms with Crippen LogP contribution in [0.5, 0.6) is 0 Å². The van der Waals surface area contributed by atoms with Gasteiger partial charge in [-0.1, -0.05) is 56.3 Å². The first-order valence-electron chi connectivity index (χ1n) is 12.5. The van der Waals surface area contributed by atoms with Crippen molar-refractivity contribution in [3.05, 3.63) is 71.3 Å². The summed E-state index contributed by atoms with van der Waals surface area (Å²) in [6, 6.07) is 19.7. The zero-order valence-corrected chi connectivity index (χ0v) is 24.2. The molecule has 1 aliphatic heterocycles. The molecule has 4 nitrogen and oxygen atoms in total. The Labute approximate surface area is 229 Å². The Morgan fingerprint density at radius 3 is 1.97 bits per heavy atom. The van der Waals surface area contributed by atoms with Crippen molar-refractivity contribution in [1.82, 2.24) is 8.75 Å². The number of hydrogen-bond donors (Lipinski definition) is 0. The summed E-state index contributed by atoms with van der Waals surface area (Å²) in [5.74, 6) is 0. The summed E-state index contributed by atoms with van der Waals surface area (Å²) in [5.41, 5.74) is 7.15. The van der Waals surface area contributed by atoms with E-state index in [1.165, 1.54) is 47.9 Å². The zero-order valence-electron chi connectivity index (χ0n) is 21.7. The quantitative estimate of drug-likeness (QED) is 0.227. The lowest BCUT2D eigenvalue weighted by Gasteiger charge is -2.30. The first-order valence-corrected chi connectivity index (χ1v) is 14.9. The average Bonchev–Trinajstić information content (AvgIpc) is 3.65. The largest absolute Gasteiger partial charge is 0.339 e. The van der Waals surface area contributed by atoms with Crippen LogP contribution in [-0.2, 0) is 14.9 Å². The lowest BCUT2D eigenvalue weighted by molar-refractivity contribution is -0.0886. The van der Waals surface area contributed by atoms with Gasteiger partial charge in [0, 0.05) is 36.1 Å². The Kier molecular flexibility index (Phi) is 4.99. The van der Waals surface area contributed by atoms with Crippen LogP contribution in [0.3, 0.4) is 0 Å². The molecular formula is C30H28N2O2S3. The SMILES string of the molecule is CC1(C)c2cc(-c3ccccc3)sc2-c2sc(-c3ccc(C4OC(C)(C)C(C)(C)O4)c4nsnc34)cc21. The summed E-state index contributed by atoms with van der Waals surface area (Å²) in [6.07, 6.45) is -0.456. The molecule has 2 aromatic carbocycles. The topological polar surface area (TPSA) is 44.2 Å². The van der Waals surface area contributed by atoms with E-state index < -0.39 is 17.5 Å². The second-order valence-corrected chi connectivity index (χ2v) is 14.1. The highest BCUT2D eigenvalue weighted by Gasteiger charge is 2.50. The predicted octanol–water partition coefficient (Wildman–Crippen LogP) is 9.06. The molecule has 7 heteroatoms. The molecule has 188 valence electrons. The molecule has 0 amide bonds. The maximum atomic E-state index is 6.35. The highest BCUT2D eigenvalue weighted by Crippen LogP contribution is 2.58. The molecule has 37 heavy (non-hydrogen) atoms. The molecule has 0 radical (unpaired) electrons. The molecule has 7 rings (SSSR count). The van der Waals surface area contributed by atoms with Crippen LogP contribution in [0.1, 0.15) is 64.5 Å². The summed E-state index contributed by atoms with van der Waals surface area (Å²) >= 11 is 5.02. The number of aromatic nitrogens is 2. The lowest BCUT2D eigenvalue weighted by Crippen LogP contribution is -2.41. The number of thiophene rings is 2. The van der Waals surface area contributed by atoms with Crippen molar-refractivity contribution in [2.45, 2.75) is 64.4 Å². The summed E-state index contributed by atoms with van der Waals surface area (Å²) in [7, 11) is 0. The third-order valence-electron chi connectivity index (χ3n) is 8.29. The predicted molar refractivity (Wildman–Crippen MR) is 155 cm³/mol. The second kappa shape index (κ2) is 7.80.